The minimum Gasteiger partial charge on any atom is -0.464 e. The molecule has 8 heteroatoms. The number of aromatic nitrogens is 5. The Morgan fingerprint density at radius 2 is 1.40 bits per heavy atom. The van der Waals surface area contributed by atoms with E-state index in [1.807, 2.05) is 77.5 Å². The lowest BCUT2D eigenvalue weighted by atomic mass is 9.67. The van der Waals surface area contributed by atoms with Crippen molar-refractivity contribution in [3.63, 3.8) is 0 Å². The van der Waals surface area contributed by atoms with Crippen LogP contribution in [0.15, 0.2) is 116 Å². The van der Waals surface area contributed by atoms with Crippen molar-refractivity contribution in [3.05, 3.63) is 132 Å². The number of aromatic amines is 1. The van der Waals surface area contributed by atoms with Crippen molar-refractivity contribution in [1.82, 2.24) is 24.5 Å². The Morgan fingerprint density at radius 3 is 1.98 bits per heavy atom. The molecule has 0 radical (unpaired) electrons. The smallest absolute Gasteiger partial charge is 0.307 e. The Hall–Kier alpha value is -5.24. The molecule has 4 heterocycles. The fraction of sp³-hybridized carbons (Fsp3) is 0.243. The van der Waals surface area contributed by atoms with Gasteiger partial charge in [-0.2, -0.15) is 0 Å². The van der Waals surface area contributed by atoms with Crippen LogP contribution in [0.25, 0.3) is 22.7 Å². The topological polar surface area (TPSA) is 88.9 Å². The first kappa shape index (κ1) is 28.5. The van der Waals surface area contributed by atoms with Gasteiger partial charge in [0.25, 0.3) is 0 Å². The molecule has 0 unspecified atom stereocenters. The molecule has 1 aliphatic heterocycles. The molecular formula is C37H36N6O2. The van der Waals surface area contributed by atoms with E-state index in [1.54, 1.807) is 6.33 Å². The summed E-state index contributed by atoms with van der Waals surface area (Å²) in [5, 5.41) is 0. The van der Waals surface area contributed by atoms with Crippen LogP contribution in [0, 0.1) is 0 Å². The third kappa shape index (κ3) is 5.71. The molecule has 1 N–H and O–H groups in total. The normalized spacial score (nSPS) is 13.6. The molecule has 45 heavy (non-hydrogen) atoms. The number of benzene rings is 3. The van der Waals surface area contributed by atoms with Crippen molar-refractivity contribution in [2.24, 2.45) is 0 Å². The first-order valence-corrected chi connectivity index (χ1v) is 15.7. The van der Waals surface area contributed by atoms with Gasteiger partial charge in [-0.3, -0.25) is 4.79 Å². The molecule has 3 aromatic heterocycles. The second-order valence-corrected chi connectivity index (χ2v) is 11.5. The number of ether oxygens (including phenoxy) is 1. The van der Waals surface area contributed by atoms with Crippen LogP contribution in [0.1, 0.15) is 42.4 Å². The van der Waals surface area contributed by atoms with E-state index in [-0.39, 0.29) is 19.0 Å². The maximum Gasteiger partial charge on any atom is 0.307 e. The highest BCUT2D eigenvalue weighted by molar-refractivity contribution is 5.85. The zero-order chi connectivity index (χ0) is 30.5. The van der Waals surface area contributed by atoms with E-state index in [2.05, 4.69) is 46.3 Å². The molecule has 0 amide bonds. The summed E-state index contributed by atoms with van der Waals surface area (Å²) in [5.41, 5.74) is 4.78. The van der Waals surface area contributed by atoms with E-state index in [0.29, 0.717) is 12.4 Å². The minimum atomic E-state index is -0.704. The molecule has 0 saturated carbocycles. The molecular weight excluding hydrogens is 560 g/mol. The summed E-state index contributed by atoms with van der Waals surface area (Å²) in [6.07, 6.45) is 7.32. The molecule has 3 aromatic carbocycles. The molecule has 0 aliphatic carbocycles. The van der Waals surface area contributed by atoms with E-state index in [9.17, 15) is 4.79 Å². The van der Waals surface area contributed by atoms with Crippen LogP contribution in [0.3, 0.4) is 0 Å². The standard InChI is InChI=1S/C37H36N6O2/c44-32(26-37(28-14-5-1-6-15-28,29-16-7-2-8-17-29)30-18-9-3-10-19-30)45-25-24-43-27-39-33-35(42-22-11-4-12-23-42)40-34(41-36(33)43)31-20-13-21-38-31/h1-3,5-10,13-21,27,38H,4,11-12,22-26H2. The molecule has 1 aliphatic rings. The maximum absolute atomic E-state index is 13.8. The minimum absolute atomic E-state index is 0.161. The third-order valence-electron chi connectivity index (χ3n) is 8.74. The van der Waals surface area contributed by atoms with Gasteiger partial charge in [0, 0.05) is 19.3 Å². The lowest BCUT2D eigenvalue weighted by molar-refractivity contribution is -0.144. The Bertz CT molecular complexity index is 1750. The second-order valence-electron chi connectivity index (χ2n) is 11.5. The molecule has 226 valence electrons. The summed E-state index contributed by atoms with van der Waals surface area (Å²) in [4.78, 5) is 33.9. The number of anilines is 1. The highest BCUT2D eigenvalue weighted by atomic mass is 16.5. The zero-order valence-electron chi connectivity index (χ0n) is 25.2. The first-order valence-electron chi connectivity index (χ1n) is 15.7. The first-order chi connectivity index (χ1) is 22.2. The predicted molar refractivity (Wildman–Crippen MR) is 176 cm³/mol. The summed E-state index contributed by atoms with van der Waals surface area (Å²) in [6.45, 7) is 2.52. The Kier molecular flexibility index (Phi) is 8.10. The lowest BCUT2D eigenvalue weighted by Gasteiger charge is -2.35. The number of piperidine rings is 1. The number of carbonyl (C=O) groups excluding carboxylic acids is 1. The van der Waals surface area contributed by atoms with Crippen molar-refractivity contribution in [1.29, 1.82) is 0 Å². The van der Waals surface area contributed by atoms with Crippen molar-refractivity contribution in [2.45, 2.75) is 37.6 Å². The van der Waals surface area contributed by atoms with Crippen LogP contribution < -0.4 is 4.90 Å². The van der Waals surface area contributed by atoms with Gasteiger partial charge in [-0.05, 0) is 48.1 Å². The van der Waals surface area contributed by atoms with Gasteiger partial charge in [0.05, 0.1) is 30.4 Å². The molecule has 1 fully saturated rings. The van der Waals surface area contributed by atoms with Gasteiger partial charge in [0.2, 0.25) is 0 Å². The molecule has 1 saturated heterocycles. The highest BCUT2D eigenvalue weighted by Gasteiger charge is 2.39. The number of imidazole rings is 1. The third-order valence-corrected chi connectivity index (χ3v) is 8.74. The van der Waals surface area contributed by atoms with E-state index in [0.717, 1.165) is 65.3 Å². The summed E-state index contributed by atoms with van der Waals surface area (Å²) in [6, 6.07) is 34.6. The average Bonchev–Trinajstić information content (AvgIpc) is 3.79. The summed E-state index contributed by atoms with van der Waals surface area (Å²) < 4.78 is 7.95. The van der Waals surface area contributed by atoms with Gasteiger partial charge in [-0.1, -0.05) is 91.0 Å². The highest BCUT2D eigenvalue weighted by Crippen LogP contribution is 2.42. The van der Waals surface area contributed by atoms with Crippen LogP contribution >= 0.6 is 0 Å². The van der Waals surface area contributed by atoms with E-state index >= 15 is 0 Å². The largest absolute Gasteiger partial charge is 0.464 e. The Balaban J connectivity index is 1.16. The van der Waals surface area contributed by atoms with Crippen molar-refractivity contribution in [3.8, 4) is 11.5 Å². The van der Waals surface area contributed by atoms with E-state index in [4.69, 9.17) is 19.7 Å². The Labute approximate surface area is 262 Å². The lowest BCUT2D eigenvalue weighted by Crippen LogP contribution is -2.33. The monoisotopic (exact) mass is 596 g/mol. The van der Waals surface area contributed by atoms with Crippen molar-refractivity contribution < 1.29 is 9.53 Å². The second kappa shape index (κ2) is 12.8. The van der Waals surface area contributed by atoms with E-state index in [1.165, 1.54) is 6.42 Å². The fourth-order valence-electron chi connectivity index (χ4n) is 6.51. The number of carbonyl (C=O) groups is 1. The number of nitrogens with one attached hydrogen (secondary N) is 1. The van der Waals surface area contributed by atoms with Gasteiger partial charge in [-0.25, -0.2) is 15.0 Å². The molecule has 0 spiro atoms. The number of hydrogen-bond acceptors (Lipinski definition) is 6. The molecule has 0 atom stereocenters. The molecule has 7 rings (SSSR count). The van der Waals surface area contributed by atoms with Gasteiger partial charge in [0.15, 0.2) is 22.8 Å². The molecule has 6 aromatic rings. The SMILES string of the molecule is O=C(CC(c1ccccc1)(c1ccccc1)c1ccccc1)OCCn1cnc2c(N3CCCCC3)nc(-c3ccc[nH]3)nc21. The Morgan fingerprint density at radius 1 is 0.778 bits per heavy atom. The van der Waals surface area contributed by atoms with Gasteiger partial charge in [0.1, 0.15) is 6.61 Å². The fourth-order valence-corrected chi connectivity index (χ4v) is 6.51. The number of hydrogen-bond donors (Lipinski definition) is 1. The number of H-pyrrole nitrogens is 1. The average molecular weight is 597 g/mol. The number of fused-ring (bicyclic) bond motifs is 1. The quantitative estimate of drug-likeness (QED) is 0.139. The van der Waals surface area contributed by atoms with Crippen molar-refractivity contribution in [2.75, 3.05) is 24.6 Å². The van der Waals surface area contributed by atoms with Crippen LogP contribution in [0.4, 0.5) is 5.82 Å². The van der Waals surface area contributed by atoms with Crippen LogP contribution in [0.5, 0.6) is 0 Å². The number of esters is 1. The maximum atomic E-state index is 13.8. The zero-order valence-corrected chi connectivity index (χ0v) is 25.2. The molecule has 0 bridgehead atoms. The number of nitrogens with zero attached hydrogens (tertiary/aromatic N) is 5. The van der Waals surface area contributed by atoms with Gasteiger partial charge < -0.3 is 19.2 Å². The summed E-state index contributed by atoms with van der Waals surface area (Å²) >= 11 is 0. The molecule has 8 nitrogen and oxygen atoms in total. The van der Waals surface area contributed by atoms with Gasteiger partial charge >= 0.3 is 5.97 Å². The van der Waals surface area contributed by atoms with Crippen LogP contribution in [-0.2, 0) is 21.5 Å². The van der Waals surface area contributed by atoms with Crippen LogP contribution in [-0.4, -0.2) is 50.2 Å². The van der Waals surface area contributed by atoms with Gasteiger partial charge in [-0.15, -0.1) is 0 Å². The van der Waals surface area contributed by atoms with Crippen LogP contribution in [0.2, 0.25) is 0 Å². The predicted octanol–water partition coefficient (Wildman–Crippen LogP) is 6.78. The summed E-state index contributed by atoms with van der Waals surface area (Å²) in [7, 11) is 0. The van der Waals surface area contributed by atoms with E-state index < -0.39 is 5.41 Å². The summed E-state index contributed by atoms with van der Waals surface area (Å²) in [5.74, 6) is 1.22. The van der Waals surface area contributed by atoms with Crippen molar-refractivity contribution >= 4 is 23.0 Å². The number of rotatable bonds is 10.